The van der Waals surface area contributed by atoms with Gasteiger partial charge in [0.05, 0.1) is 0 Å². The maximum Gasteiger partial charge on any atom is 0.235 e. The standard InChI is InChI=1S/C18H24N2O2/c1-20(2)18(22)15-16(12-8-4-3-5-9-12)19-14-11-7-6-10-13(14)17(15)21/h6-7,10-12,15-16,19H,3-5,8-9H2,1-2H3/t15-,16-/m0/s1. The van der Waals surface area contributed by atoms with Crippen LogP contribution in [-0.4, -0.2) is 36.7 Å². The largest absolute Gasteiger partial charge is 0.380 e. The zero-order valence-electron chi connectivity index (χ0n) is 13.3. The number of para-hydroxylation sites is 1. The molecule has 22 heavy (non-hydrogen) atoms. The van der Waals surface area contributed by atoms with Gasteiger partial charge in [-0.05, 0) is 30.9 Å². The van der Waals surface area contributed by atoms with E-state index in [4.69, 9.17) is 0 Å². The van der Waals surface area contributed by atoms with Gasteiger partial charge in [-0.15, -0.1) is 0 Å². The van der Waals surface area contributed by atoms with E-state index in [1.54, 1.807) is 19.0 Å². The maximum atomic E-state index is 12.9. The van der Waals surface area contributed by atoms with Gasteiger partial charge in [0.2, 0.25) is 5.91 Å². The average Bonchev–Trinajstić information content (AvgIpc) is 2.55. The van der Waals surface area contributed by atoms with E-state index in [1.807, 2.05) is 24.3 Å². The molecule has 0 saturated heterocycles. The zero-order valence-corrected chi connectivity index (χ0v) is 13.3. The number of amides is 1. The van der Waals surface area contributed by atoms with Crippen molar-refractivity contribution >= 4 is 17.4 Å². The Balaban J connectivity index is 1.98. The second kappa shape index (κ2) is 6.11. The molecule has 2 aliphatic rings. The van der Waals surface area contributed by atoms with Crippen molar-refractivity contribution in [2.75, 3.05) is 19.4 Å². The number of fused-ring (bicyclic) bond motifs is 1. The first-order valence-electron chi connectivity index (χ1n) is 8.20. The first kappa shape index (κ1) is 15.1. The van der Waals surface area contributed by atoms with Crippen LogP contribution in [0.5, 0.6) is 0 Å². The van der Waals surface area contributed by atoms with Crippen molar-refractivity contribution in [2.45, 2.75) is 38.1 Å². The molecule has 3 rings (SSSR count). The van der Waals surface area contributed by atoms with Gasteiger partial charge in [-0.2, -0.15) is 0 Å². The van der Waals surface area contributed by atoms with Crippen molar-refractivity contribution in [3.05, 3.63) is 29.8 Å². The Morgan fingerprint density at radius 1 is 1.14 bits per heavy atom. The Morgan fingerprint density at radius 3 is 2.50 bits per heavy atom. The molecular weight excluding hydrogens is 276 g/mol. The maximum absolute atomic E-state index is 12.9. The quantitative estimate of drug-likeness (QED) is 0.854. The second-order valence-electron chi connectivity index (χ2n) is 6.69. The van der Waals surface area contributed by atoms with Crippen molar-refractivity contribution in [2.24, 2.45) is 11.8 Å². The fraction of sp³-hybridized carbons (Fsp3) is 0.556. The molecule has 0 aromatic heterocycles. The van der Waals surface area contributed by atoms with Crippen LogP contribution < -0.4 is 5.32 Å². The van der Waals surface area contributed by atoms with Crippen LogP contribution in [0.15, 0.2) is 24.3 Å². The molecule has 1 aromatic carbocycles. The lowest BCUT2D eigenvalue weighted by molar-refractivity contribution is -0.132. The van der Waals surface area contributed by atoms with Gasteiger partial charge in [-0.25, -0.2) is 0 Å². The van der Waals surface area contributed by atoms with Crippen molar-refractivity contribution < 1.29 is 9.59 Å². The fourth-order valence-corrected chi connectivity index (χ4v) is 3.84. The van der Waals surface area contributed by atoms with E-state index in [0.29, 0.717) is 11.5 Å². The molecule has 0 radical (unpaired) electrons. The van der Waals surface area contributed by atoms with E-state index in [1.165, 1.54) is 19.3 Å². The Bertz CT molecular complexity index is 576. The molecule has 2 atom stereocenters. The van der Waals surface area contributed by atoms with Crippen LogP contribution in [0.2, 0.25) is 0 Å². The summed E-state index contributed by atoms with van der Waals surface area (Å²) in [6, 6.07) is 7.48. The monoisotopic (exact) mass is 300 g/mol. The molecule has 1 amide bonds. The normalized spacial score (nSPS) is 25.3. The fourth-order valence-electron chi connectivity index (χ4n) is 3.84. The summed E-state index contributed by atoms with van der Waals surface area (Å²) < 4.78 is 0. The highest BCUT2D eigenvalue weighted by Gasteiger charge is 2.44. The van der Waals surface area contributed by atoms with E-state index in [0.717, 1.165) is 18.5 Å². The van der Waals surface area contributed by atoms with Crippen molar-refractivity contribution in [1.29, 1.82) is 0 Å². The third-order valence-electron chi connectivity index (χ3n) is 5.02. The number of hydrogen-bond acceptors (Lipinski definition) is 3. The highest BCUT2D eigenvalue weighted by atomic mass is 16.2. The summed E-state index contributed by atoms with van der Waals surface area (Å²) in [5.41, 5.74) is 1.53. The van der Waals surface area contributed by atoms with Crippen molar-refractivity contribution in [3.8, 4) is 0 Å². The van der Waals surface area contributed by atoms with Crippen LogP contribution in [0.1, 0.15) is 42.5 Å². The van der Waals surface area contributed by atoms with E-state index in [-0.39, 0.29) is 17.7 Å². The number of hydrogen-bond donors (Lipinski definition) is 1. The first-order chi connectivity index (χ1) is 10.6. The number of nitrogens with one attached hydrogen (secondary N) is 1. The number of carbonyl (C=O) groups excluding carboxylic acids is 2. The van der Waals surface area contributed by atoms with E-state index in [2.05, 4.69) is 5.32 Å². The summed E-state index contributed by atoms with van der Waals surface area (Å²) in [6.07, 6.45) is 5.86. The van der Waals surface area contributed by atoms with Gasteiger partial charge in [0, 0.05) is 31.4 Å². The van der Waals surface area contributed by atoms with Gasteiger partial charge >= 0.3 is 0 Å². The topological polar surface area (TPSA) is 49.4 Å². The molecule has 0 spiro atoms. The number of anilines is 1. The first-order valence-corrected chi connectivity index (χ1v) is 8.20. The number of rotatable bonds is 2. The highest BCUT2D eigenvalue weighted by Crippen LogP contribution is 2.37. The van der Waals surface area contributed by atoms with Crippen LogP contribution in [0.25, 0.3) is 0 Å². The minimum atomic E-state index is -0.590. The summed E-state index contributed by atoms with van der Waals surface area (Å²) in [7, 11) is 3.46. The molecular formula is C18H24N2O2. The summed E-state index contributed by atoms with van der Waals surface area (Å²) in [5.74, 6) is -0.292. The molecule has 1 heterocycles. The molecule has 1 aliphatic carbocycles. The number of ketones is 1. The molecule has 0 bridgehead atoms. The average molecular weight is 300 g/mol. The molecule has 1 aliphatic heterocycles. The number of nitrogens with zero attached hydrogens (tertiary/aromatic N) is 1. The summed E-state index contributed by atoms with van der Waals surface area (Å²) >= 11 is 0. The molecule has 1 saturated carbocycles. The lowest BCUT2D eigenvalue weighted by Crippen LogP contribution is -2.51. The number of carbonyl (C=O) groups is 2. The molecule has 1 fully saturated rings. The van der Waals surface area contributed by atoms with Gasteiger partial charge in [-0.1, -0.05) is 31.4 Å². The van der Waals surface area contributed by atoms with Crippen molar-refractivity contribution in [1.82, 2.24) is 4.90 Å². The molecule has 1 aromatic rings. The Kier molecular flexibility index (Phi) is 4.19. The number of benzene rings is 1. The predicted octanol–water partition coefficient (Wildman–Crippen LogP) is 2.95. The van der Waals surface area contributed by atoms with E-state index >= 15 is 0 Å². The SMILES string of the molecule is CN(C)C(=O)[C@@H]1C(=O)c2ccccc2N[C@H]1C1CCCCC1. The van der Waals surface area contributed by atoms with E-state index < -0.39 is 5.92 Å². The Labute approximate surface area is 131 Å². The molecule has 118 valence electrons. The van der Waals surface area contributed by atoms with Crippen molar-refractivity contribution in [3.63, 3.8) is 0 Å². The van der Waals surface area contributed by atoms with Crippen LogP contribution in [0, 0.1) is 11.8 Å². The summed E-state index contributed by atoms with van der Waals surface area (Å²) in [4.78, 5) is 27.1. The van der Waals surface area contributed by atoms with Crippen LogP contribution in [0.4, 0.5) is 5.69 Å². The molecule has 1 N–H and O–H groups in total. The third kappa shape index (κ3) is 2.62. The predicted molar refractivity (Wildman–Crippen MR) is 86.9 cm³/mol. The van der Waals surface area contributed by atoms with Crippen LogP contribution in [0.3, 0.4) is 0 Å². The minimum absolute atomic E-state index is 0.0244. The van der Waals surface area contributed by atoms with Crippen LogP contribution in [-0.2, 0) is 4.79 Å². The van der Waals surface area contributed by atoms with Gasteiger partial charge < -0.3 is 10.2 Å². The van der Waals surface area contributed by atoms with Crippen LogP contribution >= 0.6 is 0 Å². The zero-order chi connectivity index (χ0) is 15.7. The summed E-state index contributed by atoms with van der Waals surface area (Å²) in [6.45, 7) is 0. The van der Waals surface area contributed by atoms with Gasteiger partial charge in [0.25, 0.3) is 0 Å². The smallest absolute Gasteiger partial charge is 0.235 e. The molecule has 0 unspecified atom stereocenters. The van der Waals surface area contributed by atoms with Gasteiger partial charge in [0.1, 0.15) is 5.92 Å². The Hall–Kier alpha value is -1.84. The Morgan fingerprint density at radius 2 is 1.82 bits per heavy atom. The lowest BCUT2D eigenvalue weighted by Gasteiger charge is -2.40. The second-order valence-corrected chi connectivity index (χ2v) is 6.69. The number of Topliss-reactive ketones (excluding diaryl/α,β-unsaturated/α-hetero) is 1. The lowest BCUT2D eigenvalue weighted by atomic mass is 9.73. The highest BCUT2D eigenvalue weighted by molar-refractivity contribution is 6.15. The third-order valence-corrected chi connectivity index (χ3v) is 5.02. The van der Waals surface area contributed by atoms with E-state index in [9.17, 15) is 9.59 Å². The minimum Gasteiger partial charge on any atom is -0.380 e. The molecule has 4 nitrogen and oxygen atoms in total. The molecule has 4 heteroatoms. The summed E-state index contributed by atoms with van der Waals surface area (Å²) in [5, 5.41) is 3.51. The van der Waals surface area contributed by atoms with Gasteiger partial charge in [0.15, 0.2) is 5.78 Å². The van der Waals surface area contributed by atoms with Gasteiger partial charge in [-0.3, -0.25) is 9.59 Å².